The molecule has 0 aliphatic heterocycles. The van der Waals surface area contributed by atoms with E-state index in [1.165, 1.54) is 33.5 Å². The summed E-state index contributed by atoms with van der Waals surface area (Å²) in [4.78, 5) is 29.8. The number of nitrogens with one attached hydrogen (secondary N) is 1. The fraction of sp³-hybridized carbons (Fsp3) is 0.350. The van der Waals surface area contributed by atoms with Gasteiger partial charge in [-0.1, -0.05) is 19.6 Å². The number of hydrogen-bond acceptors (Lipinski definition) is 10. The Balaban J connectivity index is 1.82. The van der Waals surface area contributed by atoms with Crippen LogP contribution in [-0.2, 0) is 0 Å². The number of hydrogen-bond donors (Lipinski definition) is 1. The van der Waals surface area contributed by atoms with Crippen molar-refractivity contribution in [3.8, 4) is 29.6 Å². The van der Waals surface area contributed by atoms with E-state index in [1.807, 2.05) is 6.92 Å². The second kappa shape index (κ2) is 9.22. The third-order valence-electron chi connectivity index (χ3n) is 4.23. The van der Waals surface area contributed by atoms with Crippen LogP contribution in [0.3, 0.4) is 0 Å². The summed E-state index contributed by atoms with van der Waals surface area (Å²) < 4.78 is 26.8. The summed E-state index contributed by atoms with van der Waals surface area (Å²) in [5.74, 6) is 0.0552. The average molecular weight is 460 g/mol. The number of aryl methyl sites for hydroxylation is 1. The molecule has 0 unspecified atom stereocenters. The molecule has 0 saturated heterocycles. The van der Waals surface area contributed by atoms with Gasteiger partial charge in [-0.05, 0) is 13.0 Å². The van der Waals surface area contributed by atoms with Crippen molar-refractivity contribution in [3.63, 3.8) is 0 Å². The van der Waals surface area contributed by atoms with Gasteiger partial charge in [-0.15, -0.1) is 0 Å². The standard InChI is InChI=1S/C20H25N5O6Si/c1-11-10-21-20(32(5,6)7)25-16(11)31-13-9-8-12(30-13)15(26)22-14-17(27-2)23-19(29-4)24-18(14)28-3/h8-10H,1-7H3,(H,22,26). The zero-order valence-corrected chi connectivity index (χ0v) is 20.0. The maximum absolute atomic E-state index is 12.7. The van der Waals surface area contributed by atoms with Crippen LogP contribution in [0.1, 0.15) is 16.1 Å². The average Bonchev–Trinajstić information content (AvgIpc) is 3.23. The number of carbonyl (C=O) groups excluding carboxylic acids is 1. The number of carbonyl (C=O) groups is 1. The van der Waals surface area contributed by atoms with E-state index < -0.39 is 14.0 Å². The van der Waals surface area contributed by atoms with Gasteiger partial charge in [-0.2, -0.15) is 9.97 Å². The predicted molar refractivity (Wildman–Crippen MR) is 118 cm³/mol. The second-order valence-corrected chi connectivity index (χ2v) is 12.7. The number of amides is 1. The fourth-order valence-electron chi connectivity index (χ4n) is 2.55. The first-order valence-electron chi connectivity index (χ1n) is 9.63. The van der Waals surface area contributed by atoms with Crippen LogP contribution >= 0.6 is 0 Å². The van der Waals surface area contributed by atoms with Crippen molar-refractivity contribution < 1.29 is 28.2 Å². The number of methoxy groups -OCH3 is 3. The van der Waals surface area contributed by atoms with Crippen molar-refractivity contribution in [2.24, 2.45) is 0 Å². The molecule has 1 amide bonds. The number of anilines is 1. The molecule has 3 aromatic heterocycles. The highest BCUT2D eigenvalue weighted by molar-refractivity contribution is 6.87. The SMILES string of the molecule is COc1nc(OC)c(NC(=O)c2ccc(Oc3nc([Si](C)(C)C)ncc3C)o2)c(OC)n1. The van der Waals surface area contributed by atoms with Crippen molar-refractivity contribution in [2.45, 2.75) is 26.6 Å². The summed E-state index contributed by atoms with van der Waals surface area (Å²) in [6.45, 7) is 8.26. The number of furan rings is 1. The van der Waals surface area contributed by atoms with E-state index >= 15 is 0 Å². The molecule has 0 saturated carbocycles. The summed E-state index contributed by atoms with van der Waals surface area (Å²) in [5.41, 5.74) is 1.65. The van der Waals surface area contributed by atoms with Crippen molar-refractivity contribution in [1.82, 2.24) is 19.9 Å². The molecule has 1 N–H and O–H groups in total. The minimum absolute atomic E-state index is 0.00273. The monoisotopic (exact) mass is 459 g/mol. The Morgan fingerprint density at radius 1 is 0.969 bits per heavy atom. The second-order valence-electron chi connectivity index (χ2n) is 7.71. The molecule has 32 heavy (non-hydrogen) atoms. The highest BCUT2D eigenvalue weighted by Gasteiger charge is 2.24. The van der Waals surface area contributed by atoms with E-state index in [0.717, 1.165) is 11.0 Å². The summed E-state index contributed by atoms with van der Waals surface area (Å²) in [6, 6.07) is 3.04. The third kappa shape index (κ3) is 4.96. The van der Waals surface area contributed by atoms with Gasteiger partial charge in [0, 0.05) is 17.8 Å². The molecular formula is C20H25N5O6Si. The lowest BCUT2D eigenvalue weighted by Crippen LogP contribution is -2.42. The van der Waals surface area contributed by atoms with Crippen LogP contribution in [0.15, 0.2) is 22.7 Å². The van der Waals surface area contributed by atoms with Gasteiger partial charge in [0.15, 0.2) is 11.4 Å². The Bertz CT molecular complexity index is 1100. The summed E-state index contributed by atoms with van der Waals surface area (Å²) >= 11 is 0. The first-order valence-corrected chi connectivity index (χ1v) is 13.1. The van der Waals surface area contributed by atoms with Crippen LogP contribution in [0, 0.1) is 6.92 Å². The van der Waals surface area contributed by atoms with Gasteiger partial charge in [-0.25, -0.2) is 9.97 Å². The first-order chi connectivity index (χ1) is 15.2. The van der Waals surface area contributed by atoms with E-state index in [4.69, 9.17) is 23.4 Å². The molecule has 0 aromatic carbocycles. The third-order valence-corrected chi connectivity index (χ3v) is 5.81. The van der Waals surface area contributed by atoms with Gasteiger partial charge < -0.3 is 28.7 Å². The summed E-state index contributed by atoms with van der Waals surface area (Å²) in [5, 5.41) is 2.63. The van der Waals surface area contributed by atoms with Gasteiger partial charge in [0.05, 0.1) is 21.3 Å². The van der Waals surface area contributed by atoms with Crippen LogP contribution in [-0.4, -0.2) is 55.2 Å². The Kier molecular flexibility index (Phi) is 6.63. The number of rotatable bonds is 8. The Hall–Kier alpha value is -3.67. The van der Waals surface area contributed by atoms with Gasteiger partial charge in [0.2, 0.25) is 17.6 Å². The molecule has 0 radical (unpaired) electrons. The minimum atomic E-state index is -1.73. The number of aromatic nitrogens is 4. The topological polar surface area (TPSA) is 131 Å². The van der Waals surface area contributed by atoms with Crippen molar-refractivity contribution in [1.29, 1.82) is 0 Å². The zero-order chi connectivity index (χ0) is 23.5. The van der Waals surface area contributed by atoms with Crippen LogP contribution in [0.5, 0.6) is 29.6 Å². The van der Waals surface area contributed by atoms with E-state index in [2.05, 4.69) is 44.9 Å². The molecule has 3 heterocycles. The molecule has 3 aromatic rings. The molecule has 0 fully saturated rings. The molecule has 0 aliphatic rings. The van der Waals surface area contributed by atoms with Gasteiger partial charge in [0.1, 0.15) is 13.5 Å². The van der Waals surface area contributed by atoms with Crippen molar-refractivity contribution in [2.75, 3.05) is 26.6 Å². The van der Waals surface area contributed by atoms with Crippen molar-refractivity contribution >= 4 is 25.1 Å². The minimum Gasteiger partial charge on any atom is -0.479 e. The van der Waals surface area contributed by atoms with Gasteiger partial charge in [0.25, 0.3) is 11.9 Å². The van der Waals surface area contributed by atoms with Gasteiger partial charge >= 0.3 is 6.01 Å². The molecule has 0 aliphatic carbocycles. The smallest absolute Gasteiger partial charge is 0.322 e. The Morgan fingerprint density at radius 3 is 2.19 bits per heavy atom. The quantitative estimate of drug-likeness (QED) is 0.502. The van der Waals surface area contributed by atoms with Crippen LogP contribution in [0.4, 0.5) is 5.69 Å². The lowest BCUT2D eigenvalue weighted by atomic mass is 10.4. The van der Waals surface area contributed by atoms with Crippen LogP contribution < -0.4 is 29.7 Å². The largest absolute Gasteiger partial charge is 0.479 e. The molecule has 3 rings (SSSR count). The summed E-state index contributed by atoms with van der Waals surface area (Å²) in [7, 11) is 2.47. The lowest BCUT2D eigenvalue weighted by Gasteiger charge is -2.15. The molecule has 12 heteroatoms. The molecule has 11 nitrogen and oxygen atoms in total. The predicted octanol–water partition coefficient (Wildman–Crippen LogP) is 2.78. The van der Waals surface area contributed by atoms with E-state index in [9.17, 15) is 4.79 Å². The Labute approximate surface area is 186 Å². The highest BCUT2D eigenvalue weighted by atomic mass is 28.3. The van der Waals surface area contributed by atoms with E-state index in [-0.39, 0.29) is 35.2 Å². The molecule has 0 spiro atoms. The van der Waals surface area contributed by atoms with Crippen molar-refractivity contribution in [3.05, 3.63) is 29.7 Å². The fourth-order valence-corrected chi connectivity index (χ4v) is 3.44. The number of nitrogens with zero attached hydrogens (tertiary/aromatic N) is 4. The van der Waals surface area contributed by atoms with Crippen LogP contribution in [0.25, 0.3) is 0 Å². The molecule has 0 bridgehead atoms. The summed E-state index contributed by atoms with van der Waals surface area (Å²) in [6.07, 6.45) is 1.72. The van der Waals surface area contributed by atoms with Crippen LogP contribution in [0.2, 0.25) is 19.6 Å². The van der Waals surface area contributed by atoms with Gasteiger partial charge in [-0.3, -0.25) is 4.79 Å². The normalized spacial score (nSPS) is 11.1. The van der Waals surface area contributed by atoms with E-state index in [0.29, 0.717) is 5.88 Å². The van der Waals surface area contributed by atoms with E-state index in [1.54, 1.807) is 6.20 Å². The highest BCUT2D eigenvalue weighted by Crippen LogP contribution is 2.34. The Morgan fingerprint density at radius 2 is 1.62 bits per heavy atom. The molecule has 0 atom stereocenters. The maximum atomic E-state index is 12.7. The first kappa shape index (κ1) is 23.0. The maximum Gasteiger partial charge on any atom is 0.322 e. The number of ether oxygens (including phenoxy) is 4. The lowest BCUT2D eigenvalue weighted by molar-refractivity contribution is 0.0990. The molecular weight excluding hydrogens is 434 g/mol. The molecule has 170 valence electrons. The zero-order valence-electron chi connectivity index (χ0n) is 19.0.